The van der Waals surface area contributed by atoms with Crippen LogP contribution in [0.3, 0.4) is 0 Å². The third-order valence-corrected chi connectivity index (χ3v) is 5.43. The molecule has 25 heavy (non-hydrogen) atoms. The Morgan fingerprint density at radius 2 is 2.08 bits per heavy atom. The molecule has 1 aromatic heterocycles. The summed E-state index contributed by atoms with van der Waals surface area (Å²) < 4.78 is 0. The number of carbonyl (C=O) groups excluding carboxylic acids is 1. The van der Waals surface area contributed by atoms with Gasteiger partial charge >= 0.3 is 0 Å². The van der Waals surface area contributed by atoms with E-state index in [-0.39, 0.29) is 16.7 Å². The predicted molar refractivity (Wildman–Crippen MR) is 107 cm³/mol. The Labute approximate surface area is 156 Å². The first-order chi connectivity index (χ1) is 11.9. The van der Waals surface area contributed by atoms with Gasteiger partial charge in [0.25, 0.3) is 5.56 Å². The van der Waals surface area contributed by atoms with Gasteiger partial charge in [-0.3, -0.25) is 9.59 Å². The number of benzene rings is 1. The molecule has 1 heterocycles. The molecule has 0 aliphatic rings. The van der Waals surface area contributed by atoms with Gasteiger partial charge in [0.2, 0.25) is 5.91 Å². The van der Waals surface area contributed by atoms with Gasteiger partial charge in [-0.25, -0.2) is 4.98 Å². The molecule has 2 rings (SSSR count). The first kappa shape index (κ1) is 19.6. The molecule has 0 radical (unpaired) electrons. The summed E-state index contributed by atoms with van der Waals surface area (Å²) in [6.45, 7) is 7.81. The van der Waals surface area contributed by atoms with Crippen LogP contribution in [0.25, 0.3) is 0 Å². The summed E-state index contributed by atoms with van der Waals surface area (Å²) in [6.07, 6.45) is 0. The molecule has 2 aromatic rings. The van der Waals surface area contributed by atoms with E-state index in [1.54, 1.807) is 18.7 Å². The summed E-state index contributed by atoms with van der Waals surface area (Å²) in [5, 5.41) is 3.05. The smallest absolute Gasteiger partial charge is 0.251 e. The fraction of sp³-hybridized carbons (Fsp3) is 0.389. The second-order valence-corrected chi connectivity index (χ2v) is 8.35. The number of anilines is 1. The number of hydrogen-bond donors (Lipinski definition) is 2. The first-order valence-electron chi connectivity index (χ1n) is 8.11. The third kappa shape index (κ3) is 5.93. The van der Waals surface area contributed by atoms with E-state index in [0.29, 0.717) is 10.9 Å². The van der Waals surface area contributed by atoms with Crippen molar-refractivity contribution in [2.45, 2.75) is 43.9 Å². The van der Waals surface area contributed by atoms with Crippen LogP contribution < -0.4 is 10.9 Å². The number of amides is 1. The maximum absolute atomic E-state index is 12.5. The zero-order valence-corrected chi connectivity index (χ0v) is 16.5. The number of thioether (sulfide) groups is 2. The lowest BCUT2D eigenvalue weighted by Gasteiger charge is -2.14. The van der Waals surface area contributed by atoms with Crippen molar-refractivity contribution < 1.29 is 4.79 Å². The quantitative estimate of drug-likeness (QED) is 0.568. The fourth-order valence-electron chi connectivity index (χ4n) is 2.15. The van der Waals surface area contributed by atoms with E-state index >= 15 is 0 Å². The molecule has 0 aliphatic heterocycles. The van der Waals surface area contributed by atoms with Gasteiger partial charge in [0.15, 0.2) is 5.16 Å². The number of H-pyrrole nitrogens is 1. The van der Waals surface area contributed by atoms with E-state index in [4.69, 9.17) is 0 Å². The van der Waals surface area contributed by atoms with Crippen molar-refractivity contribution in [1.82, 2.24) is 9.97 Å². The molecule has 0 aliphatic carbocycles. The minimum absolute atomic E-state index is 0.116. The highest BCUT2D eigenvalue weighted by molar-refractivity contribution is 8.00. The number of carbonyl (C=O) groups is 1. The third-order valence-electron chi connectivity index (χ3n) is 3.54. The van der Waals surface area contributed by atoms with Gasteiger partial charge in [-0.1, -0.05) is 30.8 Å². The molecule has 1 amide bonds. The van der Waals surface area contributed by atoms with Crippen molar-refractivity contribution in [3.63, 3.8) is 0 Å². The molecule has 0 saturated heterocycles. The van der Waals surface area contributed by atoms with E-state index in [9.17, 15) is 9.59 Å². The molecule has 2 N–H and O–H groups in total. The Balaban J connectivity index is 2.07. The summed E-state index contributed by atoms with van der Waals surface area (Å²) >= 11 is 2.96. The fourth-order valence-corrected chi connectivity index (χ4v) is 3.54. The van der Waals surface area contributed by atoms with Crippen LogP contribution >= 0.6 is 23.5 Å². The Morgan fingerprint density at radius 1 is 1.32 bits per heavy atom. The van der Waals surface area contributed by atoms with Gasteiger partial charge in [0.05, 0.1) is 10.9 Å². The van der Waals surface area contributed by atoms with Gasteiger partial charge < -0.3 is 10.3 Å². The Morgan fingerprint density at radius 3 is 2.80 bits per heavy atom. The Bertz CT molecular complexity index is 805. The first-order valence-corrected chi connectivity index (χ1v) is 10.1. The SMILES string of the molecule is CCSCc1cc(=O)[nH]c(SC(C)C(=O)Nc2cc(C)ccc2C)n1. The molecule has 7 heteroatoms. The molecule has 1 atom stereocenters. The van der Waals surface area contributed by atoms with Crippen molar-refractivity contribution >= 4 is 35.1 Å². The van der Waals surface area contributed by atoms with Gasteiger partial charge in [0.1, 0.15) is 0 Å². The highest BCUT2D eigenvalue weighted by atomic mass is 32.2. The molecule has 0 spiro atoms. The molecular weight excluding hydrogens is 354 g/mol. The zero-order chi connectivity index (χ0) is 18.4. The summed E-state index contributed by atoms with van der Waals surface area (Å²) in [7, 11) is 0. The van der Waals surface area contributed by atoms with E-state index < -0.39 is 0 Å². The average molecular weight is 378 g/mol. The highest BCUT2D eigenvalue weighted by Gasteiger charge is 2.17. The number of aryl methyl sites for hydroxylation is 2. The minimum atomic E-state index is -0.378. The molecule has 1 aromatic carbocycles. The second kappa shape index (κ2) is 9.10. The molecule has 0 fully saturated rings. The standard InChI is InChI=1S/C18H23N3O2S2/c1-5-24-10-14-9-16(22)21-18(19-14)25-13(4)17(23)20-15-8-11(2)6-7-12(15)3/h6-9,13H,5,10H2,1-4H3,(H,20,23)(H,19,21,22). The number of nitrogens with one attached hydrogen (secondary N) is 2. The molecule has 5 nitrogen and oxygen atoms in total. The normalized spacial score (nSPS) is 12.0. The number of rotatable bonds is 7. The largest absolute Gasteiger partial charge is 0.325 e. The summed E-state index contributed by atoms with van der Waals surface area (Å²) in [4.78, 5) is 31.4. The average Bonchev–Trinajstić information content (AvgIpc) is 2.55. The van der Waals surface area contributed by atoms with Crippen LogP contribution in [0.2, 0.25) is 0 Å². The number of hydrogen-bond acceptors (Lipinski definition) is 5. The monoisotopic (exact) mass is 377 g/mol. The van der Waals surface area contributed by atoms with Crippen LogP contribution in [0.1, 0.15) is 30.7 Å². The maximum atomic E-state index is 12.5. The van der Waals surface area contributed by atoms with Crippen molar-refractivity contribution in [2.24, 2.45) is 0 Å². The van der Waals surface area contributed by atoms with Crippen molar-refractivity contribution in [3.05, 3.63) is 51.4 Å². The van der Waals surface area contributed by atoms with Crippen LogP contribution in [-0.2, 0) is 10.5 Å². The number of aromatic nitrogens is 2. The highest BCUT2D eigenvalue weighted by Crippen LogP contribution is 2.22. The van der Waals surface area contributed by atoms with Crippen LogP contribution in [0.15, 0.2) is 34.2 Å². The van der Waals surface area contributed by atoms with Gasteiger partial charge in [-0.05, 0) is 43.7 Å². The Kier molecular flexibility index (Phi) is 7.13. The summed E-state index contributed by atoms with van der Waals surface area (Å²) in [6, 6.07) is 7.45. The van der Waals surface area contributed by atoms with Gasteiger partial charge in [-0.2, -0.15) is 11.8 Å². The van der Waals surface area contributed by atoms with E-state index in [0.717, 1.165) is 28.3 Å². The summed E-state index contributed by atoms with van der Waals surface area (Å²) in [5.41, 5.74) is 3.47. The lowest BCUT2D eigenvalue weighted by atomic mass is 10.1. The molecule has 134 valence electrons. The maximum Gasteiger partial charge on any atom is 0.251 e. The lowest BCUT2D eigenvalue weighted by Crippen LogP contribution is -2.23. The molecule has 0 saturated carbocycles. The number of nitrogens with zero attached hydrogens (tertiary/aromatic N) is 1. The predicted octanol–water partition coefficient (Wildman–Crippen LogP) is 3.76. The van der Waals surface area contributed by atoms with Crippen molar-refractivity contribution in [1.29, 1.82) is 0 Å². The van der Waals surface area contributed by atoms with Crippen molar-refractivity contribution in [3.8, 4) is 0 Å². The second-order valence-electron chi connectivity index (χ2n) is 5.75. The van der Waals surface area contributed by atoms with E-state index in [1.807, 2.05) is 32.0 Å². The van der Waals surface area contributed by atoms with Gasteiger partial charge in [0, 0.05) is 17.5 Å². The minimum Gasteiger partial charge on any atom is -0.325 e. The van der Waals surface area contributed by atoms with Crippen molar-refractivity contribution in [2.75, 3.05) is 11.1 Å². The zero-order valence-electron chi connectivity index (χ0n) is 14.9. The molecule has 0 bridgehead atoms. The molecular formula is C18H23N3O2S2. The van der Waals surface area contributed by atoms with Gasteiger partial charge in [-0.15, -0.1) is 0 Å². The van der Waals surface area contributed by atoms with Crippen LogP contribution in [0.4, 0.5) is 5.69 Å². The van der Waals surface area contributed by atoms with Crippen LogP contribution in [-0.4, -0.2) is 26.9 Å². The molecule has 1 unspecified atom stereocenters. The van der Waals surface area contributed by atoms with E-state index in [2.05, 4.69) is 22.2 Å². The topological polar surface area (TPSA) is 74.8 Å². The number of aromatic amines is 1. The van der Waals surface area contributed by atoms with Crippen LogP contribution in [0, 0.1) is 13.8 Å². The van der Waals surface area contributed by atoms with Crippen LogP contribution in [0.5, 0.6) is 0 Å². The Hall–Kier alpha value is -1.73. The lowest BCUT2D eigenvalue weighted by molar-refractivity contribution is -0.115. The summed E-state index contributed by atoms with van der Waals surface area (Å²) in [5.74, 6) is 1.54. The van der Waals surface area contributed by atoms with E-state index in [1.165, 1.54) is 17.8 Å².